The van der Waals surface area contributed by atoms with Crippen molar-refractivity contribution in [1.29, 1.82) is 0 Å². The monoisotopic (exact) mass is 264 g/mol. The van der Waals surface area contributed by atoms with Crippen LogP contribution in [0.5, 0.6) is 11.5 Å². The molecule has 0 spiro atoms. The van der Waals surface area contributed by atoms with Crippen LogP contribution in [0.4, 0.5) is 0 Å². The number of ether oxygens (including phenoxy) is 2. The van der Waals surface area contributed by atoms with E-state index in [-0.39, 0.29) is 0 Å². The third-order valence-corrected chi connectivity index (χ3v) is 3.63. The highest BCUT2D eigenvalue weighted by molar-refractivity contribution is 5.44. The summed E-state index contributed by atoms with van der Waals surface area (Å²) < 4.78 is 11.2. The number of nitrogens with zero attached hydrogens (tertiary/aromatic N) is 1. The van der Waals surface area contributed by atoms with E-state index >= 15 is 0 Å². The number of fused-ring (bicyclic) bond motifs is 1. The van der Waals surface area contributed by atoms with Gasteiger partial charge in [0, 0.05) is 6.04 Å². The molecule has 1 aliphatic rings. The number of hydrogen-bond acceptors (Lipinski definition) is 4. The molecule has 0 aliphatic carbocycles. The molecule has 1 aliphatic heterocycles. The molecule has 106 valence electrons. The molecule has 0 saturated carbocycles. The Morgan fingerprint density at radius 2 is 1.89 bits per heavy atom. The molecule has 0 saturated heterocycles. The Bertz CT molecular complexity index is 421. The lowest BCUT2D eigenvalue weighted by Crippen LogP contribution is -2.27. The van der Waals surface area contributed by atoms with Crippen molar-refractivity contribution in [2.75, 3.05) is 33.9 Å². The molecule has 0 radical (unpaired) electrons. The lowest BCUT2D eigenvalue weighted by molar-refractivity contribution is 0.169. The van der Waals surface area contributed by atoms with Crippen LogP contribution in [0.15, 0.2) is 18.2 Å². The van der Waals surface area contributed by atoms with Gasteiger partial charge in [-0.05, 0) is 50.7 Å². The first-order chi connectivity index (χ1) is 9.13. The number of hydrogen-bond donors (Lipinski definition) is 1. The Morgan fingerprint density at radius 3 is 2.53 bits per heavy atom. The summed E-state index contributed by atoms with van der Waals surface area (Å²) in [5.74, 6) is 2.21. The van der Waals surface area contributed by atoms with Crippen LogP contribution in [-0.2, 0) is 0 Å². The molecular formula is C15H24N2O2. The summed E-state index contributed by atoms with van der Waals surface area (Å²) in [6.45, 7) is 4.22. The SMILES string of the molecule is CC(CCN)C(c1ccc2c(c1)OCCO2)N(C)C. The van der Waals surface area contributed by atoms with E-state index in [9.17, 15) is 0 Å². The van der Waals surface area contributed by atoms with Gasteiger partial charge in [-0.2, -0.15) is 0 Å². The molecule has 4 nitrogen and oxygen atoms in total. The molecule has 0 aromatic heterocycles. The minimum atomic E-state index is 0.347. The van der Waals surface area contributed by atoms with Crippen molar-refractivity contribution < 1.29 is 9.47 Å². The van der Waals surface area contributed by atoms with Gasteiger partial charge in [0.1, 0.15) is 13.2 Å². The van der Waals surface area contributed by atoms with Crippen molar-refractivity contribution in [1.82, 2.24) is 4.90 Å². The average molecular weight is 264 g/mol. The van der Waals surface area contributed by atoms with E-state index in [4.69, 9.17) is 15.2 Å². The molecule has 1 aromatic carbocycles. The lowest BCUT2D eigenvalue weighted by atomic mass is 9.91. The molecule has 0 amide bonds. The molecule has 2 unspecified atom stereocenters. The average Bonchev–Trinajstić information content (AvgIpc) is 2.38. The van der Waals surface area contributed by atoms with E-state index in [0.717, 1.165) is 24.5 Å². The van der Waals surface area contributed by atoms with E-state index in [1.54, 1.807) is 0 Å². The summed E-state index contributed by atoms with van der Waals surface area (Å²) in [5, 5.41) is 0. The van der Waals surface area contributed by atoms with Gasteiger partial charge in [0.2, 0.25) is 0 Å². The molecule has 1 heterocycles. The minimum Gasteiger partial charge on any atom is -0.486 e. The van der Waals surface area contributed by atoms with Gasteiger partial charge >= 0.3 is 0 Å². The van der Waals surface area contributed by atoms with Crippen molar-refractivity contribution in [2.24, 2.45) is 11.7 Å². The molecule has 0 bridgehead atoms. The summed E-state index contributed by atoms with van der Waals surface area (Å²) in [7, 11) is 4.21. The summed E-state index contributed by atoms with van der Waals surface area (Å²) in [6, 6.07) is 6.59. The normalized spacial score (nSPS) is 17.3. The second-order valence-corrected chi connectivity index (χ2v) is 5.37. The third kappa shape index (κ3) is 3.19. The smallest absolute Gasteiger partial charge is 0.161 e. The number of benzene rings is 1. The molecule has 19 heavy (non-hydrogen) atoms. The van der Waals surface area contributed by atoms with Crippen molar-refractivity contribution in [2.45, 2.75) is 19.4 Å². The standard InChI is InChI=1S/C15H24N2O2/c1-11(6-7-16)15(17(2)3)12-4-5-13-14(10-12)19-9-8-18-13/h4-5,10-11,15H,6-9,16H2,1-3H3. The molecule has 2 N–H and O–H groups in total. The Labute approximate surface area is 115 Å². The van der Waals surface area contributed by atoms with Crippen molar-refractivity contribution >= 4 is 0 Å². The number of rotatable bonds is 5. The Morgan fingerprint density at radius 1 is 1.21 bits per heavy atom. The molecule has 2 atom stereocenters. The fourth-order valence-electron chi connectivity index (χ4n) is 2.80. The van der Waals surface area contributed by atoms with Gasteiger partial charge in [0.15, 0.2) is 11.5 Å². The van der Waals surface area contributed by atoms with Crippen LogP contribution in [0.1, 0.15) is 24.9 Å². The van der Waals surface area contributed by atoms with Crippen molar-refractivity contribution in [3.05, 3.63) is 23.8 Å². The quantitative estimate of drug-likeness (QED) is 0.884. The largest absolute Gasteiger partial charge is 0.486 e. The van der Waals surface area contributed by atoms with Gasteiger partial charge in [0.25, 0.3) is 0 Å². The van der Waals surface area contributed by atoms with Gasteiger partial charge in [-0.1, -0.05) is 13.0 Å². The molecule has 4 heteroatoms. The van der Waals surface area contributed by atoms with E-state index < -0.39 is 0 Å². The highest BCUT2D eigenvalue weighted by Crippen LogP contribution is 2.36. The first-order valence-corrected chi connectivity index (χ1v) is 6.89. The summed E-state index contributed by atoms with van der Waals surface area (Å²) in [4.78, 5) is 2.24. The first-order valence-electron chi connectivity index (χ1n) is 6.89. The fourth-order valence-corrected chi connectivity index (χ4v) is 2.80. The second kappa shape index (κ2) is 6.26. The highest BCUT2D eigenvalue weighted by Gasteiger charge is 2.23. The molecule has 1 aromatic rings. The van der Waals surface area contributed by atoms with Crippen molar-refractivity contribution in [3.63, 3.8) is 0 Å². The predicted molar refractivity (Wildman–Crippen MR) is 76.7 cm³/mol. The second-order valence-electron chi connectivity index (χ2n) is 5.37. The first kappa shape index (κ1) is 14.2. The van der Waals surface area contributed by atoms with Crippen LogP contribution in [-0.4, -0.2) is 38.8 Å². The molecule has 0 fully saturated rings. The van der Waals surface area contributed by atoms with Gasteiger partial charge in [0.05, 0.1) is 0 Å². The third-order valence-electron chi connectivity index (χ3n) is 3.63. The molecular weight excluding hydrogens is 240 g/mol. The topological polar surface area (TPSA) is 47.7 Å². The van der Waals surface area contributed by atoms with Gasteiger partial charge in [-0.25, -0.2) is 0 Å². The lowest BCUT2D eigenvalue weighted by Gasteiger charge is -2.31. The van der Waals surface area contributed by atoms with Crippen LogP contribution in [0, 0.1) is 5.92 Å². The van der Waals surface area contributed by atoms with E-state index in [1.165, 1.54) is 5.56 Å². The Kier molecular flexibility index (Phi) is 4.66. The highest BCUT2D eigenvalue weighted by atomic mass is 16.6. The predicted octanol–water partition coefficient (Wildman–Crippen LogP) is 2.05. The van der Waals surface area contributed by atoms with E-state index in [0.29, 0.717) is 25.2 Å². The molecule has 2 rings (SSSR count). The van der Waals surface area contributed by atoms with Crippen LogP contribution in [0.3, 0.4) is 0 Å². The van der Waals surface area contributed by atoms with Crippen molar-refractivity contribution in [3.8, 4) is 11.5 Å². The minimum absolute atomic E-state index is 0.347. The van der Waals surface area contributed by atoms with Crippen LogP contribution in [0.25, 0.3) is 0 Å². The maximum Gasteiger partial charge on any atom is 0.161 e. The maximum absolute atomic E-state index is 5.69. The summed E-state index contributed by atoms with van der Waals surface area (Å²) in [6.07, 6.45) is 1.01. The zero-order chi connectivity index (χ0) is 13.8. The van der Waals surface area contributed by atoms with Crippen LogP contribution >= 0.6 is 0 Å². The maximum atomic E-state index is 5.69. The van der Waals surface area contributed by atoms with Gasteiger partial charge < -0.3 is 20.1 Å². The van der Waals surface area contributed by atoms with Crippen LogP contribution < -0.4 is 15.2 Å². The number of nitrogens with two attached hydrogens (primary N) is 1. The van der Waals surface area contributed by atoms with Crippen LogP contribution in [0.2, 0.25) is 0 Å². The zero-order valence-corrected chi connectivity index (χ0v) is 12.1. The Balaban J connectivity index is 2.26. The van der Waals surface area contributed by atoms with Gasteiger partial charge in [-0.3, -0.25) is 0 Å². The Hall–Kier alpha value is -1.26. The van der Waals surface area contributed by atoms with E-state index in [1.807, 2.05) is 6.07 Å². The zero-order valence-electron chi connectivity index (χ0n) is 12.1. The van der Waals surface area contributed by atoms with Gasteiger partial charge in [-0.15, -0.1) is 0 Å². The summed E-state index contributed by atoms with van der Waals surface area (Å²) in [5.41, 5.74) is 6.95. The summed E-state index contributed by atoms with van der Waals surface area (Å²) >= 11 is 0. The fraction of sp³-hybridized carbons (Fsp3) is 0.600. The van der Waals surface area contributed by atoms with E-state index in [2.05, 4.69) is 38.1 Å².